The Morgan fingerprint density at radius 1 is 1.34 bits per heavy atom. The minimum absolute atomic E-state index is 0.00681. The smallest absolute Gasteiger partial charge is 0.271 e. The molecular weight excluding hydrogens is 368 g/mol. The van der Waals surface area contributed by atoms with Gasteiger partial charge in [0.25, 0.3) is 5.56 Å². The summed E-state index contributed by atoms with van der Waals surface area (Å²) in [5.41, 5.74) is 2.16. The summed E-state index contributed by atoms with van der Waals surface area (Å²) < 4.78 is 0. The first-order chi connectivity index (χ1) is 14.0. The highest BCUT2D eigenvalue weighted by atomic mass is 16.2. The van der Waals surface area contributed by atoms with Crippen molar-refractivity contribution >= 4 is 17.4 Å². The molecule has 8 heteroatoms. The average molecular weight is 396 g/mol. The van der Waals surface area contributed by atoms with Crippen LogP contribution >= 0.6 is 0 Å². The Balaban J connectivity index is 1.58. The lowest BCUT2D eigenvalue weighted by molar-refractivity contribution is -0.129. The second-order valence-electron chi connectivity index (χ2n) is 7.36. The molecule has 0 aliphatic carbocycles. The molecule has 0 bridgehead atoms. The second kappa shape index (κ2) is 9.38. The first kappa shape index (κ1) is 20.6. The Bertz CT molecular complexity index is 931. The van der Waals surface area contributed by atoms with Crippen molar-refractivity contribution in [3.05, 3.63) is 53.1 Å². The van der Waals surface area contributed by atoms with Crippen LogP contribution in [0.25, 0.3) is 11.1 Å². The quantitative estimate of drug-likeness (QED) is 0.506. The Labute approximate surface area is 170 Å². The summed E-state index contributed by atoms with van der Waals surface area (Å²) >= 11 is 0. The Hall–Kier alpha value is -3.13. The van der Waals surface area contributed by atoms with Crippen LogP contribution in [0.1, 0.15) is 13.8 Å². The van der Waals surface area contributed by atoms with Crippen LogP contribution < -0.4 is 21.5 Å². The van der Waals surface area contributed by atoms with Gasteiger partial charge in [-0.05, 0) is 23.8 Å². The van der Waals surface area contributed by atoms with Crippen LogP contribution in [0, 0.1) is 0 Å². The summed E-state index contributed by atoms with van der Waals surface area (Å²) in [7, 11) is 1.81. The number of carbonyl (C=O) groups excluding carboxylic acids is 1. The minimum Gasteiger partial charge on any atom is -0.374 e. The van der Waals surface area contributed by atoms with Crippen molar-refractivity contribution < 1.29 is 4.79 Å². The van der Waals surface area contributed by atoms with Crippen LogP contribution in [0.4, 0.5) is 11.5 Å². The van der Waals surface area contributed by atoms with Gasteiger partial charge >= 0.3 is 0 Å². The molecule has 2 aromatic rings. The van der Waals surface area contributed by atoms with Gasteiger partial charge in [-0.15, -0.1) is 0 Å². The summed E-state index contributed by atoms with van der Waals surface area (Å²) in [5.74, 6) is 0.751. The fourth-order valence-electron chi connectivity index (χ4n) is 3.04. The topological polar surface area (TPSA) is 102 Å². The van der Waals surface area contributed by atoms with Gasteiger partial charge in [-0.1, -0.05) is 19.9 Å². The number of likely N-dealkylation sites (tertiary alicyclic amines) is 1. The number of amides is 1. The number of anilines is 2. The predicted octanol–water partition coefficient (Wildman–Crippen LogP) is 1.66. The molecule has 3 heterocycles. The third-order valence-corrected chi connectivity index (χ3v) is 4.71. The van der Waals surface area contributed by atoms with Crippen molar-refractivity contribution in [2.24, 2.45) is 0 Å². The van der Waals surface area contributed by atoms with E-state index in [-0.39, 0.29) is 17.5 Å². The highest BCUT2D eigenvalue weighted by Crippen LogP contribution is 2.22. The molecule has 1 amide bonds. The summed E-state index contributed by atoms with van der Waals surface area (Å²) in [5, 5.41) is 9.49. The van der Waals surface area contributed by atoms with Crippen molar-refractivity contribution in [1.82, 2.24) is 20.2 Å². The van der Waals surface area contributed by atoms with E-state index in [0.717, 1.165) is 16.9 Å². The molecule has 2 aromatic heterocycles. The lowest BCUT2D eigenvalue weighted by Gasteiger charge is -2.39. The van der Waals surface area contributed by atoms with Gasteiger partial charge in [0.15, 0.2) is 0 Å². The molecule has 154 valence electrons. The van der Waals surface area contributed by atoms with E-state index in [1.807, 2.05) is 31.3 Å². The maximum atomic E-state index is 12.2. The Morgan fingerprint density at radius 2 is 2.14 bits per heavy atom. The molecule has 0 aromatic carbocycles. The summed E-state index contributed by atoms with van der Waals surface area (Å²) in [6.45, 7) is 5.94. The molecule has 3 rings (SSSR count). The van der Waals surface area contributed by atoms with Crippen molar-refractivity contribution in [2.75, 3.05) is 37.3 Å². The number of nitrogens with one attached hydrogen (secondary N) is 4. The van der Waals surface area contributed by atoms with Crippen LogP contribution in [-0.2, 0) is 4.79 Å². The first-order valence-corrected chi connectivity index (χ1v) is 9.78. The number of hydrogen-bond acceptors (Lipinski definition) is 6. The maximum absolute atomic E-state index is 12.2. The number of nitrogens with zero attached hydrogens (tertiary/aromatic N) is 2. The number of pyridine rings is 2. The van der Waals surface area contributed by atoms with E-state index >= 15 is 0 Å². The molecule has 1 fully saturated rings. The molecule has 1 saturated heterocycles. The van der Waals surface area contributed by atoms with Gasteiger partial charge in [0.1, 0.15) is 11.5 Å². The first-order valence-electron chi connectivity index (χ1n) is 9.78. The summed E-state index contributed by atoms with van der Waals surface area (Å²) in [6.07, 6.45) is 6.85. The number of H-pyrrole nitrogens is 1. The van der Waals surface area contributed by atoms with Crippen LogP contribution in [0.15, 0.2) is 47.5 Å². The second-order valence-corrected chi connectivity index (χ2v) is 7.36. The number of aromatic nitrogens is 2. The SMILES string of the molecule is CNc1cc(-c2c[nH]c(=O)c(NC3CN(C(=O)C=CCNC(C)C)C3)c2)ccn1. The molecule has 0 radical (unpaired) electrons. The monoisotopic (exact) mass is 396 g/mol. The normalized spacial score (nSPS) is 14.3. The van der Waals surface area contributed by atoms with Crippen molar-refractivity contribution in [2.45, 2.75) is 25.9 Å². The maximum Gasteiger partial charge on any atom is 0.271 e. The van der Waals surface area contributed by atoms with Crippen molar-refractivity contribution in [3.8, 4) is 11.1 Å². The van der Waals surface area contributed by atoms with Crippen molar-refractivity contribution in [3.63, 3.8) is 0 Å². The van der Waals surface area contributed by atoms with E-state index in [1.54, 1.807) is 23.4 Å². The van der Waals surface area contributed by atoms with Gasteiger partial charge in [-0.3, -0.25) is 9.59 Å². The van der Waals surface area contributed by atoms with E-state index in [4.69, 9.17) is 0 Å². The summed E-state index contributed by atoms with van der Waals surface area (Å²) in [6, 6.07) is 6.08. The zero-order valence-corrected chi connectivity index (χ0v) is 17.0. The van der Waals surface area contributed by atoms with E-state index in [2.05, 4.69) is 39.8 Å². The third-order valence-electron chi connectivity index (χ3n) is 4.71. The fraction of sp³-hybridized carbons (Fsp3) is 0.381. The molecule has 1 aliphatic heterocycles. The Morgan fingerprint density at radius 3 is 2.86 bits per heavy atom. The van der Waals surface area contributed by atoms with Gasteiger partial charge in [0.05, 0.1) is 6.04 Å². The molecule has 0 spiro atoms. The molecule has 0 saturated carbocycles. The zero-order chi connectivity index (χ0) is 20.8. The van der Waals surface area contributed by atoms with Crippen LogP contribution in [0.5, 0.6) is 0 Å². The summed E-state index contributed by atoms with van der Waals surface area (Å²) in [4.78, 5) is 33.1. The van der Waals surface area contributed by atoms with Gasteiger partial charge < -0.3 is 25.8 Å². The van der Waals surface area contributed by atoms with Crippen LogP contribution in [-0.4, -0.2) is 59.5 Å². The Kier molecular flexibility index (Phi) is 6.66. The number of carbonyl (C=O) groups is 1. The molecule has 4 N–H and O–H groups in total. The molecule has 1 aliphatic rings. The molecule has 0 atom stereocenters. The average Bonchev–Trinajstić information content (AvgIpc) is 2.68. The lowest BCUT2D eigenvalue weighted by atomic mass is 10.1. The predicted molar refractivity (Wildman–Crippen MR) is 116 cm³/mol. The highest BCUT2D eigenvalue weighted by Gasteiger charge is 2.29. The lowest BCUT2D eigenvalue weighted by Crippen LogP contribution is -2.57. The van der Waals surface area contributed by atoms with Gasteiger partial charge in [0.2, 0.25) is 5.91 Å². The van der Waals surface area contributed by atoms with Gasteiger partial charge in [-0.25, -0.2) is 4.98 Å². The number of aromatic amines is 1. The largest absolute Gasteiger partial charge is 0.374 e. The number of rotatable bonds is 8. The van der Waals surface area contributed by atoms with Crippen LogP contribution in [0.2, 0.25) is 0 Å². The molecule has 8 nitrogen and oxygen atoms in total. The molecule has 0 unspecified atom stereocenters. The molecule has 29 heavy (non-hydrogen) atoms. The van der Waals surface area contributed by atoms with E-state index < -0.39 is 0 Å². The zero-order valence-electron chi connectivity index (χ0n) is 17.0. The third kappa shape index (κ3) is 5.45. The highest BCUT2D eigenvalue weighted by molar-refractivity contribution is 5.88. The molecular formula is C21H28N6O2. The van der Waals surface area contributed by atoms with Crippen LogP contribution in [0.3, 0.4) is 0 Å². The minimum atomic E-state index is -0.180. The standard InChI is InChI=1S/C21H28N6O2/c1-14(2)23-7-4-5-20(28)27-12-17(13-27)26-18-9-16(11-25-21(18)29)15-6-8-24-19(10-15)22-3/h4-6,8-11,14,17,23,26H,7,12-13H2,1-3H3,(H,22,24)(H,25,29). The van der Waals surface area contributed by atoms with Crippen molar-refractivity contribution in [1.29, 1.82) is 0 Å². The fourth-order valence-corrected chi connectivity index (χ4v) is 3.04. The van der Waals surface area contributed by atoms with Gasteiger partial charge in [0, 0.05) is 56.8 Å². The van der Waals surface area contributed by atoms with E-state index in [9.17, 15) is 9.59 Å². The van der Waals surface area contributed by atoms with E-state index in [0.29, 0.717) is 31.4 Å². The van der Waals surface area contributed by atoms with Gasteiger partial charge in [-0.2, -0.15) is 0 Å². The van der Waals surface area contributed by atoms with E-state index in [1.165, 1.54) is 0 Å². The number of hydrogen-bond donors (Lipinski definition) is 4.